The van der Waals surface area contributed by atoms with Crippen LogP contribution in [0.15, 0.2) is 78.9 Å². The minimum absolute atomic E-state index is 0.116. The van der Waals surface area contributed by atoms with Gasteiger partial charge in [-0.3, -0.25) is 14.5 Å². The van der Waals surface area contributed by atoms with E-state index in [2.05, 4.69) is 5.32 Å². The lowest BCUT2D eigenvalue weighted by atomic mass is 9.99. The molecule has 4 aromatic rings. The van der Waals surface area contributed by atoms with Crippen molar-refractivity contribution >= 4 is 29.4 Å². The fourth-order valence-corrected chi connectivity index (χ4v) is 5.98. The highest BCUT2D eigenvalue weighted by atomic mass is 32.2. The summed E-state index contributed by atoms with van der Waals surface area (Å²) in [6, 6.07) is 23.7. The Morgan fingerprint density at radius 1 is 1.05 bits per heavy atom. The molecule has 0 radical (unpaired) electrons. The molecular formula is C30H27FN4O3S. The van der Waals surface area contributed by atoms with E-state index < -0.39 is 0 Å². The summed E-state index contributed by atoms with van der Waals surface area (Å²) in [5, 5.41) is 7.74. The number of nitrogens with zero attached hydrogens (tertiary/aromatic N) is 3. The van der Waals surface area contributed by atoms with Crippen LogP contribution >= 0.6 is 11.8 Å². The van der Waals surface area contributed by atoms with Crippen LogP contribution in [0, 0.1) is 5.82 Å². The zero-order valence-electron chi connectivity index (χ0n) is 21.3. The molecule has 1 unspecified atom stereocenters. The van der Waals surface area contributed by atoms with Gasteiger partial charge in [0.2, 0.25) is 11.8 Å². The first kappa shape index (κ1) is 25.2. The monoisotopic (exact) mass is 542 g/mol. The van der Waals surface area contributed by atoms with Gasteiger partial charge in [0.1, 0.15) is 23.9 Å². The quantitative estimate of drug-likeness (QED) is 0.350. The average Bonchev–Trinajstić information content (AvgIpc) is 3.72. The topological polar surface area (TPSA) is 76.5 Å². The van der Waals surface area contributed by atoms with Gasteiger partial charge in [-0.25, -0.2) is 9.07 Å². The molecule has 2 amide bonds. The average molecular weight is 543 g/mol. The number of methoxy groups -OCH3 is 1. The number of nitrogens with one attached hydrogen (secondary N) is 1. The van der Waals surface area contributed by atoms with E-state index in [-0.39, 0.29) is 41.2 Å². The van der Waals surface area contributed by atoms with Crippen molar-refractivity contribution in [3.05, 3.63) is 95.8 Å². The number of ether oxygens (including phenoxy) is 1. The van der Waals surface area contributed by atoms with Gasteiger partial charge < -0.3 is 10.1 Å². The van der Waals surface area contributed by atoms with E-state index in [1.807, 2.05) is 54.6 Å². The smallest absolute Gasteiger partial charge is 0.240 e. The minimum atomic E-state index is -0.329. The van der Waals surface area contributed by atoms with E-state index >= 15 is 0 Å². The maximum Gasteiger partial charge on any atom is 0.240 e. The molecule has 1 aliphatic heterocycles. The first-order valence-corrected chi connectivity index (χ1v) is 13.9. The van der Waals surface area contributed by atoms with E-state index in [1.165, 1.54) is 23.9 Å². The van der Waals surface area contributed by atoms with Gasteiger partial charge in [0.25, 0.3) is 0 Å². The number of fused-ring (bicyclic) bond motifs is 1. The first-order valence-electron chi connectivity index (χ1n) is 12.8. The molecule has 0 spiro atoms. The Hall–Kier alpha value is -4.11. The number of benzene rings is 3. The van der Waals surface area contributed by atoms with Crippen LogP contribution in [-0.2, 0) is 9.59 Å². The SMILES string of the molecule is COc1ccc(-n2nc(-c3ccccc3)c3c2N(CC(=O)NC2CC2)C(=O)CSC3c2ccc(F)cc2)cc1. The molecule has 0 bridgehead atoms. The van der Waals surface area contributed by atoms with E-state index in [1.54, 1.807) is 28.8 Å². The van der Waals surface area contributed by atoms with Gasteiger partial charge in [-0.05, 0) is 54.8 Å². The van der Waals surface area contributed by atoms with Gasteiger partial charge in [0.15, 0.2) is 0 Å². The number of rotatable bonds is 7. The van der Waals surface area contributed by atoms with E-state index in [0.29, 0.717) is 17.3 Å². The standard InChI is InChI=1S/C30H27FN4O3S/c1-38-24-15-13-23(14-16-24)35-30-27(28(33-35)19-5-3-2-4-6-19)29(20-7-9-21(31)10-8-20)39-18-26(37)34(30)17-25(36)32-22-11-12-22/h2-10,13-16,22,29H,11-12,17-18H2,1H3,(H,32,36). The first-order chi connectivity index (χ1) is 19.0. The zero-order chi connectivity index (χ0) is 26.9. The Balaban J connectivity index is 1.58. The highest BCUT2D eigenvalue weighted by molar-refractivity contribution is 8.00. The molecule has 0 saturated heterocycles. The summed E-state index contributed by atoms with van der Waals surface area (Å²) in [4.78, 5) is 28.3. The van der Waals surface area contributed by atoms with Crippen LogP contribution in [0.25, 0.3) is 16.9 Å². The third kappa shape index (κ3) is 5.14. The van der Waals surface area contributed by atoms with Gasteiger partial charge in [0.05, 0.1) is 29.5 Å². The van der Waals surface area contributed by atoms with Crippen LogP contribution < -0.4 is 15.0 Å². The molecule has 1 atom stereocenters. The Labute approximate surface area is 230 Å². The third-order valence-corrected chi connectivity index (χ3v) is 8.13. The molecule has 39 heavy (non-hydrogen) atoms. The highest BCUT2D eigenvalue weighted by Gasteiger charge is 2.38. The van der Waals surface area contributed by atoms with Crippen molar-refractivity contribution in [2.24, 2.45) is 0 Å². The molecule has 1 N–H and O–H groups in total. The minimum Gasteiger partial charge on any atom is -0.497 e. The summed E-state index contributed by atoms with van der Waals surface area (Å²) in [5.41, 5.74) is 3.96. The number of hydrogen-bond donors (Lipinski definition) is 1. The van der Waals surface area contributed by atoms with Gasteiger partial charge >= 0.3 is 0 Å². The van der Waals surface area contributed by atoms with Gasteiger partial charge in [-0.1, -0.05) is 42.5 Å². The molecule has 1 fully saturated rings. The molecule has 2 aliphatic rings. The molecule has 2 heterocycles. The second-order valence-electron chi connectivity index (χ2n) is 9.63. The Bertz CT molecular complexity index is 1500. The largest absolute Gasteiger partial charge is 0.497 e. The number of halogens is 1. The second-order valence-corrected chi connectivity index (χ2v) is 10.7. The lowest BCUT2D eigenvalue weighted by Gasteiger charge is -2.23. The third-order valence-electron chi connectivity index (χ3n) is 6.87. The maximum absolute atomic E-state index is 13.9. The predicted molar refractivity (Wildman–Crippen MR) is 150 cm³/mol. The van der Waals surface area contributed by atoms with Crippen LogP contribution in [0.3, 0.4) is 0 Å². The van der Waals surface area contributed by atoms with Crippen LogP contribution in [0.1, 0.15) is 29.2 Å². The summed E-state index contributed by atoms with van der Waals surface area (Å²) in [6.07, 6.45) is 1.91. The summed E-state index contributed by atoms with van der Waals surface area (Å²) < 4.78 is 21.0. The maximum atomic E-state index is 13.9. The Morgan fingerprint density at radius 2 is 1.77 bits per heavy atom. The predicted octanol–water partition coefficient (Wildman–Crippen LogP) is 5.13. The summed E-state index contributed by atoms with van der Waals surface area (Å²) >= 11 is 1.46. The van der Waals surface area contributed by atoms with Crippen molar-refractivity contribution in [3.8, 4) is 22.7 Å². The van der Waals surface area contributed by atoms with Crippen molar-refractivity contribution in [1.82, 2.24) is 15.1 Å². The lowest BCUT2D eigenvalue weighted by Crippen LogP contribution is -2.43. The van der Waals surface area contributed by atoms with Gasteiger partial charge in [-0.2, -0.15) is 5.10 Å². The molecule has 7 nitrogen and oxygen atoms in total. The number of amides is 2. The second kappa shape index (κ2) is 10.6. The highest BCUT2D eigenvalue weighted by Crippen LogP contribution is 2.48. The normalized spacial score (nSPS) is 16.9. The van der Waals surface area contributed by atoms with Crippen molar-refractivity contribution in [2.75, 3.05) is 24.3 Å². The molecule has 1 aliphatic carbocycles. The summed E-state index contributed by atoms with van der Waals surface area (Å²) in [5.74, 6) is 0.664. The fraction of sp³-hybridized carbons (Fsp3) is 0.233. The molecule has 9 heteroatoms. The van der Waals surface area contributed by atoms with E-state index in [4.69, 9.17) is 9.84 Å². The van der Waals surface area contributed by atoms with E-state index in [0.717, 1.165) is 35.2 Å². The Kier molecular flexibility index (Phi) is 6.83. The molecule has 3 aromatic carbocycles. The number of carbonyl (C=O) groups excluding carboxylic acids is 2. The molecule has 1 saturated carbocycles. The number of carbonyl (C=O) groups is 2. The van der Waals surface area contributed by atoms with Crippen LogP contribution in [0.4, 0.5) is 10.2 Å². The molecular weight excluding hydrogens is 515 g/mol. The molecule has 1 aromatic heterocycles. The Morgan fingerprint density at radius 3 is 2.44 bits per heavy atom. The van der Waals surface area contributed by atoms with Crippen molar-refractivity contribution in [2.45, 2.75) is 24.1 Å². The summed E-state index contributed by atoms with van der Waals surface area (Å²) in [6.45, 7) is -0.116. The number of hydrogen-bond acceptors (Lipinski definition) is 5. The van der Waals surface area contributed by atoms with E-state index in [9.17, 15) is 14.0 Å². The van der Waals surface area contributed by atoms with Crippen LogP contribution in [0.2, 0.25) is 0 Å². The number of thioether (sulfide) groups is 1. The fourth-order valence-electron chi connectivity index (χ4n) is 4.78. The van der Waals surface area contributed by atoms with Crippen LogP contribution in [0.5, 0.6) is 5.75 Å². The van der Waals surface area contributed by atoms with Crippen LogP contribution in [-0.4, -0.2) is 47.0 Å². The van der Waals surface area contributed by atoms with Gasteiger partial charge in [0, 0.05) is 17.2 Å². The molecule has 198 valence electrons. The van der Waals surface area contributed by atoms with Gasteiger partial charge in [-0.15, -0.1) is 11.8 Å². The van der Waals surface area contributed by atoms with Crippen molar-refractivity contribution in [3.63, 3.8) is 0 Å². The zero-order valence-corrected chi connectivity index (χ0v) is 22.2. The molecule has 6 rings (SSSR count). The number of anilines is 1. The summed E-state index contributed by atoms with van der Waals surface area (Å²) in [7, 11) is 1.60. The van der Waals surface area contributed by atoms with Crippen molar-refractivity contribution in [1.29, 1.82) is 0 Å². The number of aromatic nitrogens is 2. The van der Waals surface area contributed by atoms with Crippen molar-refractivity contribution < 1.29 is 18.7 Å². The lowest BCUT2D eigenvalue weighted by molar-refractivity contribution is -0.123.